The molecule has 7 nitrogen and oxygen atoms in total. The van der Waals surface area contributed by atoms with Gasteiger partial charge in [0.05, 0.1) is 22.7 Å². The quantitative estimate of drug-likeness (QED) is 0.345. The molecule has 0 aromatic heterocycles. The molecule has 3 aromatic rings. The summed E-state index contributed by atoms with van der Waals surface area (Å²) in [4.78, 5) is 52.0. The number of halogens is 1. The van der Waals surface area contributed by atoms with Crippen molar-refractivity contribution in [2.75, 3.05) is 11.9 Å². The van der Waals surface area contributed by atoms with Crippen molar-refractivity contribution in [2.24, 2.45) is 0 Å². The van der Waals surface area contributed by atoms with E-state index in [9.17, 15) is 19.2 Å². The molecule has 1 aliphatic rings. The fourth-order valence-electron chi connectivity index (χ4n) is 4.05. The van der Waals surface area contributed by atoms with Crippen molar-refractivity contribution in [3.05, 3.63) is 98.5 Å². The van der Waals surface area contributed by atoms with Crippen molar-refractivity contribution in [1.82, 2.24) is 4.90 Å². The number of hydrogen-bond donors (Lipinski definition) is 1. The zero-order chi connectivity index (χ0) is 25.3. The van der Waals surface area contributed by atoms with Gasteiger partial charge in [0.1, 0.15) is 0 Å². The highest BCUT2D eigenvalue weighted by Crippen LogP contribution is 2.32. The normalized spacial score (nSPS) is 13.4. The third-order valence-electron chi connectivity index (χ3n) is 5.88. The zero-order valence-electron chi connectivity index (χ0n) is 19.4. The van der Waals surface area contributed by atoms with E-state index in [2.05, 4.69) is 21.2 Å². The lowest BCUT2D eigenvalue weighted by Gasteiger charge is -2.22. The van der Waals surface area contributed by atoms with Gasteiger partial charge in [0.15, 0.2) is 6.61 Å². The van der Waals surface area contributed by atoms with Gasteiger partial charge in [-0.15, -0.1) is 0 Å². The molecule has 0 radical (unpaired) electrons. The molecule has 178 valence electrons. The minimum Gasteiger partial charge on any atom is -0.452 e. The molecule has 1 N–H and O–H groups in total. The van der Waals surface area contributed by atoms with Gasteiger partial charge in [0, 0.05) is 10.2 Å². The first kappa shape index (κ1) is 24.3. The summed E-state index contributed by atoms with van der Waals surface area (Å²) in [6.45, 7) is 5.11. The average molecular weight is 535 g/mol. The summed E-state index contributed by atoms with van der Waals surface area (Å²) < 4.78 is 6.10. The number of aryl methyl sites for hydroxylation is 2. The number of esters is 1. The monoisotopic (exact) mass is 534 g/mol. The molecule has 0 spiro atoms. The SMILES string of the molecule is Cc1cc(NC(=O)COC(=O)c2ccc3c(c2)C(=O)N([C@@H](C)c2ccccc2)C3=O)cc(C)c1Br. The van der Waals surface area contributed by atoms with E-state index in [1.54, 1.807) is 6.92 Å². The highest BCUT2D eigenvalue weighted by Gasteiger charge is 2.39. The predicted octanol–water partition coefficient (Wildman–Crippen LogP) is 5.22. The Balaban J connectivity index is 1.43. The molecule has 0 saturated carbocycles. The number of rotatable bonds is 6. The molecule has 35 heavy (non-hydrogen) atoms. The van der Waals surface area contributed by atoms with Crippen LogP contribution in [0.15, 0.2) is 65.1 Å². The summed E-state index contributed by atoms with van der Waals surface area (Å²) in [5.74, 6) is -2.15. The molecule has 0 saturated heterocycles. The Morgan fingerprint density at radius 3 is 2.23 bits per heavy atom. The number of nitrogens with zero attached hydrogens (tertiary/aromatic N) is 1. The van der Waals surface area contributed by atoms with Crippen LogP contribution >= 0.6 is 15.9 Å². The third-order valence-corrected chi connectivity index (χ3v) is 7.13. The molecule has 8 heteroatoms. The largest absolute Gasteiger partial charge is 0.452 e. The number of ether oxygens (including phenoxy) is 1. The Morgan fingerprint density at radius 2 is 1.57 bits per heavy atom. The van der Waals surface area contributed by atoms with E-state index in [4.69, 9.17) is 4.74 Å². The van der Waals surface area contributed by atoms with E-state index in [1.165, 1.54) is 23.1 Å². The number of anilines is 1. The minimum atomic E-state index is -0.763. The van der Waals surface area contributed by atoms with Gasteiger partial charge in [-0.05, 0) is 67.8 Å². The average Bonchev–Trinajstić information content (AvgIpc) is 3.10. The summed E-state index contributed by atoms with van der Waals surface area (Å²) in [5.41, 5.74) is 3.80. The summed E-state index contributed by atoms with van der Waals surface area (Å²) in [6, 6.07) is 16.6. The third kappa shape index (κ3) is 4.88. The number of hydrogen-bond acceptors (Lipinski definition) is 5. The predicted molar refractivity (Wildman–Crippen MR) is 134 cm³/mol. The first-order valence-corrected chi connectivity index (χ1v) is 11.8. The van der Waals surface area contributed by atoms with Gasteiger partial charge in [-0.3, -0.25) is 19.3 Å². The van der Waals surface area contributed by atoms with Crippen molar-refractivity contribution in [1.29, 1.82) is 0 Å². The molecule has 1 atom stereocenters. The van der Waals surface area contributed by atoms with Crippen molar-refractivity contribution < 1.29 is 23.9 Å². The smallest absolute Gasteiger partial charge is 0.338 e. The van der Waals surface area contributed by atoms with E-state index in [1.807, 2.05) is 56.3 Å². The second-order valence-electron chi connectivity index (χ2n) is 8.38. The second-order valence-corrected chi connectivity index (χ2v) is 9.17. The molecule has 1 heterocycles. The van der Waals surface area contributed by atoms with E-state index >= 15 is 0 Å². The number of carbonyl (C=O) groups is 4. The van der Waals surface area contributed by atoms with Gasteiger partial charge in [-0.25, -0.2) is 4.79 Å². The molecule has 0 aliphatic carbocycles. The van der Waals surface area contributed by atoms with Crippen LogP contribution < -0.4 is 5.32 Å². The van der Waals surface area contributed by atoms with Crippen LogP contribution in [0, 0.1) is 13.8 Å². The topological polar surface area (TPSA) is 92.8 Å². The van der Waals surface area contributed by atoms with Crippen molar-refractivity contribution in [3.8, 4) is 0 Å². The van der Waals surface area contributed by atoms with Crippen molar-refractivity contribution in [3.63, 3.8) is 0 Å². The maximum absolute atomic E-state index is 13.0. The van der Waals surface area contributed by atoms with Gasteiger partial charge >= 0.3 is 5.97 Å². The highest BCUT2D eigenvalue weighted by atomic mass is 79.9. The van der Waals surface area contributed by atoms with E-state index in [0.29, 0.717) is 5.69 Å². The van der Waals surface area contributed by atoms with Crippen LogP contribution in [0.3, 0.4) is 0 Å². The first-order chi connectivity index (χ1) is 16.7. The van der Waals surface area contributed by atoms with E-state index < -0.39 is 36.3 Å². The molecule has 0 unspecified atom stereocenters. The maximum Gasteiger partial charge on any atom is 0.338 e. The lowest BCUT2D eigenvalue weighted by Crippen LogP contribution is -2.32. The van der Waals surface area contributed by atoms with Gasteiger partial charge in [0.2, 0.25) is 0 Å². The molecule has 3 aromatic carbocycles. The molecule has 1 aliphatic heterocycles. The van der Waals surface area contributed by atoms with Gasteiger partial charge in [-0.1, -0.05) is 46.3 Å². The molecule has 3 amide bonds. The lowest BCUT2D eigenvalue weighted by molar-refractivity contribution is -0.119. The second kappa shape index (κ2) is 9.84. The Morgan fingerprint density at radius 1 is 0.943 bits per heavy atom. The van der Waals surface area contributed by atoms with E-state index in [-0.39, 0.29) is 16.7 Å². The molecule has 0 fully saturated rings. The summed E-state index contributed by atoms with van der Waals surface area (Å²) in [5, 5.41) is 2.70. The van der Waals surface area contributed by atoms with Crippen LogP contribution in [0.25, 0.3) is 0 Å². The number of fused-ring (bicyclic) bond motifs is 1. The Labute approximate surface area is 211 Å². The van der Waals surface area contributed by atoms with E-state index in [0.717, 1.165) is 21.2 Å². The van der Waals surface area contributed by atoms with Crippen LogP contribution in [0.5, 0.6) is 0 Å². The first-order valence-electron chi connectivity index (χ1n) is 11.0. The van der Waals surface area contributed by atoms with Crippen LogP contribution in [0.1, 0.15) is 60.7 Å². The number of nitrogens with one attached hydrogen (secondary N) is 1. The standard InChI is InChI=1S/C27H23BrN2O5/c1-15-11-20(12-16(2)24(15)28)29-23(31)14-35-27(34)19-9-10-21-22(13-19)26(33)30(25(21)32)17(3)18-7-5-4-6-8-18/h4-13,17H,14H2,1-3H3,(H,29,31)/t17-/m0/s1. The van der Waals surface area contributed by atoms with Crippen LogP contribution in [-0.4, -0.2) is 35.2 Å². The lowest BCUT2D eigenvalue weighted by atomic mass is 10.1. The minimum absolute atomic E-state index is 0.0854. The zero-order valence-corrected chi connectivity index (χ0v) is 21.0. The summed E-state index contributed by atoms with van der Waals surface area (Å²) in [6.07, 6.45) is 0. The van der Waals surface area contributed by atoms with Crippen LogP contribution in [-0.2, 0) is 9.53 Å². The molecule has 4 rings (SSSR count). The van der Waals surface area contributed by atoms with Crippen LogP contribution in [0.2, 0.25) is 0 Å². The highest BCUT2D eigenvalue weighted by molar-refractivity contribution is 9.10. The Bertz CT molecular complexity index is 1330. The van der Waals surface area contributed by atoms with Crippen LogP contribution in [0.4, 0.5) is 5.69 Å². The number of carbonyl (C=O) groups excluding carboxylic acids is 4. The molecular formula is C27H23BrN2O5. The molecular weight excluding hydrogens is 512 g/mol. The van der Waals surface area contributed by atoms with Gasteiger partial charge in [0.25, 0.3) is 17.7 Å². The fourth-order valence-corrected chi connectivity index (χ4v) is 4.28. The van der Waals surface area contributed by atoms with Crippen molar-refractivity contribution in [2.45, 2.75) is 26.8 Å². The molecule has 0 bridgehead atoms. The maximum atomic E-state index is 13.0. The Hall–Kier alpha value is -3.78. The number of amides is 3. The summed E-state index contributed by atoms with van der Waals surface area (Å²) in [7, 11) is 0. The number of imide groups is 1. The van der Waals surface area contributed by atoms with Crippen molar-refractivity contribution >= 4 is 45.3 Å². The van der Waals surface area contributed by atoms with Gasteiger partial charge < -0.3 is 10.1 Å². The summed E-state index contributed by atoms with van der Waals surface area (Å²) >= 11 is 3.48. The van der Waals surface area contributed by atoms with Gasteiger partial charge in [-0.2, -0.15) is 0 Å². The number of benzene rings is 3. The Kier molecular flexibility index (Phi) is 6.84. The fraction of sp³-hybridized carbons (Fsp3) is 0.185.